The first-order chi connectivity index (χ1) is 19.3. The summed E-state index contributed by atoms with van der Waals surface area (Å²) in [6.07, 6.45) is 10.8. The molecule has 186 valence electrons. The molecule has 0 N–H and O–H groups in total. The van der Waals surface area contributed by atoms with Gasteiger partial charge in [-0.05, 0) is 91.5 Å². The molecule has 1 aromatic heterocycles. The normalized spacial score (nSPS) is 14.7. The van der Waals surface area contributed by atoms with Crippen LogP contribution in [0.5, 0.6) is 0 Å². The van der Waals surface area contributed by atoms with Gasteiger partial charge in [0.2, 0.25) is 0 Å². The smallest absolute Gasteiger partial charge is 0.0273 e. The lowest BCUT2D eigenvalue weighted by atomic mass is 9.83. The largest absolute Gasteiger partial charge is 0.269 e. The second-order valence-electron chi connectivity index (χ2n) is 10.2. The lowest BCUT2D eigenvalue weighted by Crippen LogP contribution is -1.99. The van der Waals surface area contributed by atoms with Gasteiger partial charge in [-0.15, -0.1) is 0 Å². The zero-order valence-corrected chi connectivity index (χ0v) is 21.9. The van der Waals surface area contributed by atoms with Crippen molar-refractivity contribution in [3.8, 4) is 33.4 Å². The van der Waals surface area contributed by atoms with Crippen molar-refractivity contribution in [1.82, 2.24) is 4.98 Å². The van der Waals surface area contributed by atoms with Crippen LogP contribution in [0.25, 0.3) is 54.9 Å². The summed E-state index contributed by atoms with van der Waals surface area (Å²) in [6.45, 7) is 2.24. The average molecular weight is 501 g/mol. The molecular weight excluding hydrogens is 472 g/mol. The number of allylic oxidation sites excluding steroid dienone is 1. The monoisotopic (exact) mass is 500 g/mol. The minimum absolute atomic E-state index is 0.359. The summed E-state index contributed by atoms with van der Waals surface area (Å²) in [5.74, 6) is 0.359. The van der Waals surface area contributed by atoms with E-state index in [0.29, 0.717) is 5.92 Å². The first-order valence-corrected chi connectivity index (χ1v) is 13.5. The van der Waals surface area contributed by atoms with Gasteiger partial charge in [0.05, 0.1) is 0 Å². The molecule has 6 aromatic rings. The number of pyridine rings is 1. The van der Waals surface area contributed by atoms with Gasteiger partial charge in [0, 0.05) is 30.7 Å². The fourth-order valence-electron chi connectivity index (χ4n) is 6.12. The maximum Gasteiger partial charge on any atom is 0.0273 e. The quantitative estimate of drug-likeness (QED) is 0.221. The van der Waals surface area contributed by atoms with Crippen molar-refractivity contribution < 1.29 is 0 Å². The van der Waals surface area contributed by atoms with Crippen molar-refractivity contribution in [1.29, 1.82) is 0 Å². The predicted molar refractivity (Wildman–Crippen MR) is 165 cm³/mol. The molecular formula is C37H28N2. The van der Waals surface area contributed by atoms with Crippen LogP contribution in [0.4, 0.5) is 0 Å². The molecule has 7 rings (SSSR count). The average Bonchev–Trinajstić information content (AvgIpc) is 3.01. The molecule has 0 radical (unpaired) electrons. The van der Waals surface area contributed by atoms with E-state index in [1.165, 1.54) is 66.1 Å². The van der Waals surface area contributed by atoms with Crippen molar-refractivity contribution >= 4 is 27.8 Å². The molecule has 1 unspecified atom stereocenters. The topological polar surface area (TPSA) is 25.2 Å². The zero-order chi connectivity index (χ0) is 26.2. The van der Waals surface area contributed by atoms with Gasteiger partial charge in [0.15, 0.2) is 0 Å². The second-order valence-corrected chi connectivity index (χ2v) is 10.2. The number of hydrogen-bond acceptors (Lipinski definition) is 2. The lowest BCUT2D eigenvalue weighted by molar-refractivity contribution is 0.888. The molecule has 0 amide bonds. The Kier molecular flexibility index (Phi) is 5.86. The van der Waals surface area contributed by atoms with Gasteiger partial charge < -0.3 is 0 Å². The van der Waals surface area contributed by atoms with Crippen LogP contribution in [0.1, 0.15) is 23.5 Å². The minimum atomic E-state index is 0.359. The Bertz CT molecular complexity index is 1840. The van der Waals surface area contributed by atoms with E-state index in [4.69, 9.17) is 0 Å². The van der Waals surface area contributed by atoms with E-state index >= 15 is 0 Å². The summed E-state index contributed by atoms with van der Waals surface area (Å²) < 4.78 is 0. The SMILES string of the molecule is Cc1c(-c2ccncc2)cccc1-c1c2ccccc2c(-c2cccc(C3C=CN=CC3)c2)c2ccccc12. The number of aliphatic imine (C=N–C) groups is 1. The van der Waals surface area contributed by atoms with Crippen molar-refractivity contribution in [3.05, 3.63) is 139 Å². The predicted octanol–water partition coefficient (Wildman–Crippen LogP) is 9.77. The summed E-state index contributed by atoms with van der Waals surface area (Å²) >= 11 is 0. The zero-order valence-electron chi connectivity index (χ0n) is 21.9. The van der Waals surface area contributed by atoms with E-state index in [2.05, 4.69) is 126 Å². The van der Waals surface area contributed by atoms with Crippen molar-refractivity contribution in [2.24, 2.45) is 4.99 Å². The molecule has 1 aliphatic rings. The third-order valence-corrected chi connectivity index (χ3v) is 8.00. The van der Waals surface area contributed by atoms with Gasteiger partial charge in [-0.2, -0.15) is 0 Å². The van der Waals surface area contributed by atoms with Crippen LogP contribution in [0.15, 0.2) is 133 Å². The van der Waals surface area contributed by atoms with Crippen molar-refractivity contribution in [2.45, 2.75) is 19.3 Å². The van der Waals surface area contributed by atoms with Gasteiger partial charge in [0.1, 0.15) is 0 Å². The molecule has 2 heterocycles. The molecule has 0 aliphatic carbocycles. The van der Waals surface area contributed by atoms with Gasteiger partial charge in [0.25, 0.3) is 0 Å². The summed E-state index contributed by atoms with van der Waals surface area (Å²) in [6, 6.07) is 37.7. The minimum Gasteiger partial charge on any atom is -0.269 e. The first-order valence-electron chi connectivity index (χ1n) is 13.5. The summed E-state index contributed by atoms with van der Waals surface area (Å²) in [4.78, 5) is 8.50. The Hall–Kier alpha value is -4.82. The Morgan fingerprint density at radius 1 is 0.615 bits per heavy atom. The molecule has 5 aromatic carbocycles. The van der Waals surface area contributed by atoms with Gasteiger partial charge in [-0.3, -0.25) is 9.98 Å². The Labute approximate surface area is 229 Å². The van der Waals surface area contributed by atoms with Gasteiger partial charge in [-0.1, -0.05) is 97.1 Å². The highest BCUT2D eigenvalue weighted by molar-refractivity contribution is 6.21. The Morgan fingerprint density at radius 3 is 1.92 bits per heavy atom. The first kappa shape index (κ1) is 23.3. The highest BCUT2D eigenvalue weighted by atomic mass is 14.7. The summed E-state index contributed by atoms with van der Waals surface area (Å²) in [5.41, 5.74) is 10.1. The number of benzene rings is 5. The molecule has 1 aliphatic heterocycles. The third kappa shape index (κ3) is 4.06. The number of rotatable bonds is 4. The summed E-state index contributed by atoms with van der Waals surface area (Å²) in [5, 5.41) is 5.10. The fourth-order valence-corrected chi connectivity index (χ4v) is 6.12. The van der Waals surface area contributed by atoms with Crippen LogP contribution in [0, 0.1) is 6.92 Å². The van der Waals surface area contributed by atoms with Crippen LogP contribution in [0.3, 0.4) is 0 Å². The van der Waals surface area contributed by atoms with Crippen LogP contribution in [-0.4, -0.2) is 11.2 Å². The second kappa shape index (κ2) is 9.81. The maximum atomic E-state index is 4.28. The summed E-state index contributed by atoms with van der Waals surface area (Å²) in [7, 11) is 0. The number of nitrogens with zero attached hydrogens (tertiary/aromatic N) is 2. The number of hydrogen-bond donors (Lipinski definition) is 0. The molecule has 0 spiro atoms. The van der Waals surface area contributed by atoms with Crippen molar-refractivity contribution in [3.63, 3.8) is 0 Å². The lowest BCUT2D eigenvalue weighted by Gasteiger charge is -2.21. The molecule has 0 saturated carbocycles. The molecule has 2 nitrogen and oxygen atoms in total. The van der Waals surface area contributed by atoms with Gasteiger partial charge in [-0.25, -0.2) is 0 Å². The Balaban J connectivity index is 1.51. The van der Waals surface area contributed by atoms with E-state index in [-0.39, 0.29) is 0 Å². The highest BCUT2D eigenvalue weighted by Gasteiger charge is 2.19. The van der Waals surface area contributed by atoms with E-state index in [0.717, 1.165) is 6.42 Å². The van der Waals surface area contributed by atoms with E-state index in [1.807, 2.05) is 24.8 Å². The third-order valence-electron chi connectivity index (χ3n) is 8.00. The maximum absolute atomic E-state index is 4.28. The standard InChI is InChI=1S/C37H28N2/c1-25-30(27-18-22-39-23-19-27)14-7-15-31(25)37-34-12-4-2-10-32(34)36(33-11-3-5-13-35(33)37)29-9-6-8-28(24-29)26-16-20-38-21-17-26/h2-16,18-24,26H,17H2,1H3. The highest BCUT2D eigenvalue weighted by Crippen LogP contribution is 2.45. The van der Waals surface area contributed by atoms with Crippen LogP contribution >= 0.6 is 0 Å². The number of aromatic nitrogens is 1. The van der Waals surface area contributed by atoms with Crippen LogP contribution < -0.4 is 0 Å². The fraction of sp³-hybridized carbons (Fsp3) is 0.0811. The molecule has 39 heavy (non-hydrogen) atoms. The molecule has 2 heteroatoms. The molecule has 0 saturated heterocycles. The van der Waals surface area contributed by atoms with E-state index in [9.17, 15) is 0 Å². The number of fused-ring (bicyclic) bond motifs is 2. The van der Waals surface area contributed by atoms with Gasteiger partial charge >= 0.3 is 0 Å². The molecule has 1 atom stereocenters. The van der Waals surface area contributed by atoms with Crippen LogP contribution in [0.2, 0.25) is 0 Å². The van der Waals surface area contributed by atoms with Crippen molar-refractivity contribution in [2.75, 3.05) is 0 Å². The molecule has 0 bridgehead atoms. The Morgan fingerprint density at radius 2 is 1.26 bits per heavy atom. The van der Waals surface area contributed by atoms with Crippen LogP contribution in [-0.2, 0) is 0 Å². The molecule has 0 fully saturated rings. The van der Waals surface area contributed by atoms with E-state index in [1.54, 1.807) is 0 Å². The van der Waals surface area contributed by atoms with E-state index < -0.39 is 0 Å².